The Kier molecular flexibility index (Phi) is 4.30. The third-order valence-electron chi connectivity index (χ3n) is 4.15. The molecule has 3 aromatic rings. The van der Waals surface area contributed by atoms with Gasteiger partial charge in [0.05, 0.1) is 0 Å². The molecule has 0 unspecified atom stereocenters. The molecule has 106 valence electrons. The van der Waals surface area contributed by atoms with E-state index < -0.39 is 0 Å². The van der Waals surface area contributed by atoms with Gasteiger partial charge >= 0.3 is 0 Å². The number of hydrogen-bond acceptors (Lipinski definition) is 1. The van der Waals surface area contributed by atoms with E-state index in [9.17, 15) is 4.79 Å². The number of unbranched alkanes of at least 4 members (excludes halogenated alkanes) is 3. The summed E-state index contributed by atoms with van der Waals surface area (Å²) in [4.78, 5) is 10.3. The van der Waals surface area contributed by atoms with Crippen molar-refractivity contribution < 1.29 is 4.79 Å². The van der Waals surface area contributed by atoms with Crippen LogP contribution in [0.5, 0.6) is 0 Å². The van der Waals surface area contributed by atoms with Crippen molar-refractivity contribution in [2.45, 2.75) is 32.1 Å². The average Bonchev–Trinajstić information content (AvgIpc) is 2.54. The van der Waals surface area contributed by atoms with Crippen molar-refractivity contribution in [1.82, 2.24) is 0 Å². The number of fused-ring (bicyclic) bond motifs is 3. The predicted octanol–water partition coefficient (Wildman–Crippen LogP) is 5.29. The number of hydrogen-bond donors (Lipinski definition) is 0. The van der Waals surface area contributed by atoms with Crippen LogP contribution < -0.4 is 0 Å². The van der Waals surface area contributed by atoms with Crippen molar-refractivity contribution in [2.24, 2.45) is 0 Å². The quantitative estimate of drug-likeness (QED) is 0.339. The van der Waals surface area contributed by atoms with E-state index in [2.05, 4.69) is 54.6 Å². The first kappa shape index (κ1) is 13.8. The summed E-state index contributed by atoms with van der Waals surface area (Å²) in [6, 6.07) is 19.6. The zero-order valence-corrected chi connectivity index (χ0v) is 12.2. The summed E-state index contributed by atoms with van der Waals surface area (Å²) in [7, 11) is 0. The van der Waals surface area contributed by atoms with Crippen LogP contribution in [0, 0.1) is 0 Å². The van der Waals surface area contributed by atoms with E-state index in [0.29, 0.717) is 6.42 Å². The van der Waals surface area contributed by atoms with Crippen molar-refractivity contribution in [3.05, 3.63) is 60.2 Å². The molecule has 3 aromatic carbocycles. The van der Waals surface area contributed by atoms with Crippen LogP contribution in [0.3, 0.4) is 0 Å². The van der Waals surface area contributed by atoms with Gasteiger partial charge in [0.25, 0.3) is 0 Å². The van der Waals surface area contributed by atoms with Crippen LogP contribution in [0.1, 0.15) is 31.2 Å². The van der Waals surface area contributed by atoms with Gasteiger partial charge in [0.15, 0.2) is 0 Å². The standard InChI is InChI=1S/C20H20O/c21-15-6-2-1-3-8-16-10-7-12-20-18-11-5-4-9-17(18)13-14-19(16)20/h4-5,7,9-15H,1-3,6,8H2. The topological polar surface area (TPSA) is 17.1 Å². The Hall–Kier alpha value is -2.15. The molecule has 0 bridgehead atoms. The second-order valence-electron chi connectivity index (χ2n) is 5.56. The lowest BCUT2D eigenvalue weighted by Crippen LogP contribution is -1.89. The highest BCUT2D eigenvalue weighted by atomic mass is 16.1. The molecule has 0 N–H and O–H groups in total. The molecule has 0 aromatic heterocycles. The first-order chi connectivity index (χ1) is 10.4. The van der Waals surface area contributed by atoms with Crippen LogP contribution in [0.25, 0.3) is 21.5 Å². The lowest BCUT2D eigenvalue weighted by molar-refractivity contribution is -0.107. The molecular formula is C20H20O. The van der Waals surface area contributed by atoms with E-state index in [1.807, 2.05) is 0 Å². The lowest BCUT2D eigenvalue weighted by atomic mass is 9.96. The lowest BCUT2D eigenvalue weighted by Gasteiger charge is -2.09. The number of rotatable bonds is 6. The monoisotopic (exact) mass is 276 g/mol. The summed E-state index contributed by atoms with van der Waals surface area (Å²) < 4.78 is 0. The molecule has 0 spiro atoms. The summed E-state index contributed by atoms with van der Waals surface area (Å²) in [5.41, 5.74) is 1.42. The summed E-state index contributed by atoms with van der Waals surface area (Å²) >= 11 is 0. The van der Waals surface area contributed by atoms with E-state index in [-0.39, 0.29) is 0 Å². The van der Waals surface area contributed by atoms with Gasteiger partial charge in [-0.25, -0.2) is 0 Å². The molecule has 1 heteroatoms. The highest BCUT2D eigenvalue weighted by molar-refractivity contribution is 6.08. The van der Waals surface area contributed by atoms with Crippen LogP contribution in [-0.2, 0) is 11.2 Å². The van der Waals surface area contributed by atoms with Crippen LogP contribution in [0.4, 0.5) is 0 Å². The third-order valence-corrected chi connectivity index (χ3v) is 4.15. The molecule has 0 saturated carbocycles. The Morgan fingerprint density at radius 2 is 1.57 bits per heavy atom. The number of benzene rings is 3. The van der Waals surface area contributed by atoms with Crippen LogP contribution >= 0.6 is 0 Å². The Morgan fingerprint density at radius 3 is 2.48 bits per heavy atom. The summed E-state index contributed by atoms with van der Waals surface area (Å²) in [5.74, 6) is 0. The highest BCUT2D eigenvalue weighted by Gasteiger charge is 2.04. The maximum Gasteiger partial charge on any atom is 0.119 e. The Morgan fingerprint density at radius 1 is 0.714 bits per heavy atom. The smallest absolute Gasteiger partial charge is 0.119 e. The minimum absolute atomic E-state index is 0.695. The first-order valence-electron chi connectivity index (χ1n) is 7.73. The fourth-order valence-corrected chi connectivity index (χ4v) is 3.04. The Bertz CT molecular complexity index is 758. The number of aldehydes is 1. The van der Waals surface area contributed by atoms with E-state index >= 15 is 0 Å². The zero-order chi connectivity index (χ0) is 14.5. The van der Waals surface area contributed by atoms with Crippen LogP contribution in [0.15, 0.2) is 54.6 Å². The van der Waals surface area contributed by atoms with Crippen molar-refractivity contribution >= 4 is 27.8 Å². The molecule has 0 aliphatic heterocycles. The van der Waals surface area contributed by atoms with Gasteiger partial charge in [-0.15, -0.1) is 0 Å². The highest BCUT2D eigenvalue weighted by Crippen LogP contribution is 2.28. The van der Waals surface area contributed by atoms with Crippen molar-refractivity contribution in [3.63, 3.8) is 0 Å². The number of carbonyl (C=O) groups is 1. The third kappa shape index (κ3) is 2.97. The van der Waals surface area contributed by atoms with Crippen molar-refractivity contribution in [3.8, 4) is 0 Å². The second-order valence-corrected chi connectivity index (χ2v) is 5.56. The van der Waals surface area contributed by atoms with E-state index in [1.165, 1.54) is 27.1 Å². The molecule has 3 rings (SSSR count). The van der Waals surface area contributed by atoms with Crippen molar-refractivity contribution in [1.29, 1.82) is 0 Å². The summed E-state index contributed by atoms with van der Waals surface area (Å²) in [6.07, 6.45) is 6.10. The van der Waals surface area contributed by atoms with Gasteiger partial charge in [-0.05, 0) is 46.4 Å². The number of carbonyl (C=O) groups excluding carboxylic acids is 1. The van der Waals surface area contributed by atoms with Gasteiger partial charge in [-0.1, -0.05) is 61.0 Å². The van der Waals surface area contributed by atoms with Gasteiger partial charge in [-0.3, -0.25) is 0 Å². The maximum absolute atomic E-state index is 10.3. The van der Waals surface area contributed by atoms with Gasteiger partial charge < -0.3 is 4.79 Å². The molecule has 0 heterocycles. The van der Waals surface area contributed by atoms with Gasteiger partial charge in [0, 0.05) is 6.42 Å². The SMILES string of the molecule is O=CCCCCCc1cccc2c1ccc1ccccc12. The van der Waals surface area contributed by atoms with Gasteiger partial charge in [-0.2, -0.15) is 0 Å². The Labute approximate surface area is 125 Å². The zero-order valence-electron chi connectivity index (χ0n) is 12.2. The second kappa shape index (κ2) is 6.53. The minimum atomic E-state index is 0.695. The minimum Gasteiger partial charge on any atom is -0.303 e. The largest absolute Gasteiger partial charge is 0.303 e. The van der Waals surface area contributed by atoms with Crippen LogP contribution in [0.2, 0.25) is 0 Å². The average molecular weight is 276 g/mol. The fraction of sp³-hybridized carbons (Fsp3) is 0.250. The van der Waals surface area contributed by atoms with Crippen molar-refractivity contribution in [2.75, 3.05) is 0 Å². The summed E-state index contributed by atoms with van der Waals surface area (Å²) in [5, 5.41) is 5.34. The first-order valence-corrected chi connectivity index (χ1v) is 7.73. The number of aryl methyl sites for hydroxylation is 1. The van der Waals surface area contributed by atoms with E-state index in [0.717, 1.165) is 32.0 Å². The predicted molar refractivity (Wildman–Crippen MR) is 89.7 cm³/mol. The Balaban J connectivity index is 1.89. The van der Waals surface area contributed by atoms with Gasteiger partial charge in [0.1, 0.15) is 6.29 Å². The maximum atomic E-state index is 10.3. The molecule has 1 nitrogen and oxygen atoms in total. The van der Waals surface area contributed by atoms with E-state index in [1.54, 1.807) is 0 Å². The molecule has 0 aliphatic rings. The van der Waals surface area contributed by atoms with Gasteiger partial charge in [0.2, 0.25) is 0 Å². The summed E-state index contributed by atoms with van der Waals surface area (Å²) in [6.45, 7) is 0. The molecule has 0 saturated heterocycles. The molecular weight excluding hydrogens is 256 g/mol. The fourth-order valence-electron chi connectivity index (χ4n) is 3.04. The molecule has 21 heavy (non-hydrogen) atoms. The van der Waals surface area contributed by atoms with Crippen LogP contribution in [-0.4, -0.2) is 6.29 Å². The molecule has 0 aliphatic carbocycles. The molecule has 0 radical (unpaired) electrons. The molecule has 0 fully saturated rings. The normalized spacial score (nSPS) is 11.0. The molecule has 0 amide bonds. The van der Waals surface area contributed by atoms with E-state index in [4.69, 9.17) is 0 Å². The molecule has 0 atom stereocenters.